The molecule has 20 heavy (non-hydrogen) atoms. The van der Waals surface area contributed by atoms with Gasteiger partial charge in [0.05, 0.1) is 5.56 Å². The van der Waals surface area contributed by atoms with Crippen molar-refractivity contribution in [3.05, 3.63) is 65.0 Å². The Morgan fingerprint density at radius 3 is 2.60 bits per heavy atom. The molecule has 0 spiro atoms. The maximum atomic E-state index is 12.4. The predicted molar refractivity (Wildman–Crippen MR) is 79.1 cm³/mol. The van der Waals surface area contributed by atoms with E-state index in [1.165, 1.54) is 0 Å². The fourth-order valence-electron chi connectivity index (χ4n) is 2.13. The highest BCUT2D eigenvalue weighted by Crippen LogP contribution is 2.12. The van der Waals surface area contributed by atoms with Crippen LogP contribution in [0, 0.1) is 6.92 Å². The molecule has 2 rings (SSSR count). The van der Waals surface area contributed by atoms with Crippen molar-refractivity contribution in [3.8, 4) is 0 Å². The summed E-state index contributed by atoms with van der Waals surface area (Å²) < 4.78 is 0. The number of hydrogen-bond acceptors (Lipinski definition) is 3. The van der Waals surface area contributed by atoms with Crippen LogP contribution in [0.2, 0.25) is 0 Å². The van der Waals surface area contributed by atoms with Crippen LogP contribution >= 0.6 is 0 Å². The van der Waals surface area contributed by atoms with Crippen molar-refractivity contribution in [1.82, 2.24) is 9.88 Å². The van der Waals surface area contributed by atoms with Crippen LogP contribution in [-0.4, -0.2) is 22.8 Å². The van der Waals surface area contributed by atoms with E-state index in [9.17, 15) is 4.79 Å². The summed E-state index contributed by atoms with van der Waals surface area (Å²) in [5.74, 6) is -0.0342. The zero-order valence-electron chi connectivity index (χ0n) is 11.8. The molecule has 1 aromatic carbocycles. The Balaban J connectivity index is 2.15. The molecule has 0 aliphatic carbocycles. The fourth-order valence-corrected chi connectivity index (χ4v) is 2.13. The lowest BCUT2D eigenvalue weighted by atomic mass is 10.1. The van der Waals surface area contributed by atoms with E-state index in [1.54, 1.807) is 24.3 Å². The van der Waals surface area contributed by atoms with Crippen molar-refractivity contribution >= 4 is 5.91 Å². The minimum absolute atomic E-state index is 0.0342. The highest BCUT2D eigenvalue weighted by atomic mass is 16.2. The van der Waals surface area contributed by atoms with Gasteiger partial charge in [0.25, 0.3) is 5.91 Å². The van der Waals surface area contributed by atoms with Crippen LogP contribution in [0.4, 0.5) is 0 Å². The first-order valence-corrected chi connectivity index (χ1v) is 6.55. The minimum atomic E-state index is -0.0342. The second-order valence-electron chi connectivity index (χ2n) is 4.89. The van der Waals surface area contributed by atoms with E-state index in [1.807, 2.05) is 37.3 Å². The van der Waals surface area contributed by atoms with Crippen LogP contribution in [0.15, 0.2) is 42.7 Å². The summed E-state index contributed by atoms with van der Waals surface area (Å²) in [6.45, 7) is 2.94. The molecule has 0 aliphatic heterocycles. The van der Waals surface area contributed by atoms with Crippen molar-refractivity contribution in [3.63, 3.8) is 0 Å². The molecule has 0 unspecified atom stereocenters. The molecule has 0 radical (unpaired) electrons. The minimum Gasteiger partial charge on any atom is -0.337 e. The molecular weight excluding hydrogens is 250 g/mol. The summed E-state index contributed by atoms with van der Waals surface area (Å²) in [6.07, 6.45) is 3.33. The molecule has 0 fully saturated rings. The number of amides is 1. The first kappa shape index (κ1) is 14.2. The van der Waals surface area contributed by atoms with Gasteiger partial charge in [-0.05, 0) is 29.7 Å². The summed E-state index contributed by atoms with van der Waals surface area (Å²) in [7, 11) is 1.79. The van der Waals surface area contributed by atoms with Gasteiger partial charge in [0.1, 0.15) is 0 Å². The Morgan fingerprint density at radius 2 is 1.95 bits per heavy atom. The van der Waals surface area contributed by atoms with Crippen LogP contribution in [0.1, 0.15) is 27.0 Å². The second-order valence-corrected chi connectivity index (χ2v) is 4.89. The number of aryl methyl sites for hydroxylation is 1. The molecule has 4 heteroatoms. The lowest BCUT2D eigenvalue weighted by Gasteiger charge is -2.19. The predicted octanol–water partition coefficient (Wildman–Crippen LogP) is 2.12. The number of rotatable bonds is 4. The van der Waals surface area contributed by atoms with Crippen LogP contribution in [-0.2, 0) is 13.1 Å². The molecule has 1 heterocycles. The summed E-state index contributed by atoms with van der Waals surface area (Å²) in [4.78, 5) is 18.1. The van der Waals surface area contributed by atoms with Crippen LogP contribution < -0.4 is 5.73 Å². The second kappa shape index (κ2) is 6.30. The monoisotopic (exact) mass is 269 g/mol. The first-order valence-electron chi connectivity index (χ1n) is 6.55. The van der Waals surface area contributed by atoms with Gasteiger partial charge < -0.3 is 10.6 Å². The standard InChI is InChI=1S/C16H19N3O/c1-12-7-15(10-18-9-12)16(20)19(2)11-14-6-4-3-5-13(14)8-17/h3-7,9-10H,8,11,17H2,1-2H3. The molecule has 4 nitrogen and oxygen atoms in total. The normalized spacial score (nSPS) is 10.3. The maximum Gasteiger partial charge on any atom is 0.255 e. The zero-order valence-corrected chi connectivity index (χ0v) is 11.8. The van der Waals surface area contributed by atoms with E-state index >= 15 is 0 Å². The van der Waals surface area contributed by atoms with E-state index in [-0.39, 0.29) is 5.91 Å². The maximum absolute atomic E-state index is 12.4. The van der Waals surface area contributed by atoms with Gasteiger partial charge in [0.15, 0.2) is 0 Å². The Kier molecular flexibility index (Phi) is 4.48. The van der Waals surface area contributed by atoms with Gasteiger partial charge >= 0.3 is 0 Å². The third-order valence-corrected chi connectivity index (χ3v) is 3.21. The van der Waals surface area contributed by atoms with Gasteiger partial charge in [-0.2, -0.15) is 0 Å². The molecular formula is C16H19N3O. The average Bonchev–Trinajstić information content (AvgIpc) is 2.47. The number of benzene rings is 1. The molecule has 104 valence electrons. The lowest BCUT2D eigenvalue weighted by Crippen LogP contribution is -2.27. The Hall–Kier alpha value is -2.20. The number of carbonyl (C=O) groups is 1. The molecule has 0 saturated carbocycles. The van der Waals surface area contributed by atoms with Crippen molar-refractivity contribution in [1.29, 1.82) is 0 Å². The quantitative estimate of drug-likeness (QED) is 0.925. The van der Waals surface area contributed by atoms with E-state index in [2.05, 4.69) is 4.98 Å². The number of pyridine rings is 1. The van der Waals surface area contributed by atoms with Crippen LogP contribution in [0.25, 0.3) is 0 Å². The molecule has 2 N–H and O–H groups in total. The van der Waals surface area contributed by atoms with Gasteiger partial charge in [-0.25, -0.2) is 0 Å². The van der Waals surface area contributed by atoms with Crippen molar-refractivity contribution in [2.45, 2.75) is 20.0 Å². The van der Waals surface area contributed by atoms with Gasteiger partial charge in [-0.15, -0.1) is 0 Å². The van der Waals surface area contributed by atoms with Gasteiger partial charge in [-0.3, -0.25) is 9.78 Å². The molecule has 0 saturated heterocycles. The molecule has 0 bridgehead atoms. The fraction of sp³-hybridized carbons (Fsp3) is 0.250. The van der Waals surface area contributed by atoms with Crippen molar-refractivity contribution < 1.29 is 4.79 Å². The lowest BCUT2D eigenvalue weighted by molar-refractivity contribution is 0.0784. The summed E-state index contributed by atoms with van der Waals surface area (Å²) in [5.41, 5.74) is 9.45. The number of aromatic nitrogens is 1. The Bertz CT molecular complexity index is 610. The summed E-state index contributed by atoms with van der Waals surface area (Å²) in [5, 5.41) is 0. The van der Waals surface area contributed by atoms with Crippen molar-refractivity contribution in [2.24, 2.45) is 5.73 Å². The molecule has 1 aromatic heterocycles. The number of nitrogens with two attached hydrogens (primary N) is 1. The smallest absolute Gasteiger partial charge is 0.255 e. The third kappa shape index (κ3) is 3.22. The van der Waals surface area contributed by atoms with Gasteiger partial charge in [0, 0.05) is 32.5 Å². The molecule has 0 aliphatic rings. The van der Waals surface area contributed by atoms with E-state index in [0.29, 0.717) is 18.7 Å². The number of carbonyl (C=O) groups excluding carboxylic acids is 1. The Morgan fingerprint density at radius 1 is 1.25 bits per heavy atom. The molecule has 1 amide bonds. The van der Waals surface area contributed by atoms with E-state index in [0.717, 1.165) is 16.7 Å². The van der Waals surface area contributed by atoms with E-state index in [4.69, 9.17) is 5.73 Å². The molecule has 2 aromatic rings. The third-order valence-electron chi connectivity index (χ3n) is 3.21. The SMILES string of the molecule is Cc1cncc(C(=O)N(C)Cc2ccccc2CN)c1. The topological polar surface area (TPSA) is 59.2 Å². The van der Waals surface area contributed by atoms with Gasteiger partial charge in [0.2, 0.25) is 0 Å². The number of nitrogens with zero attached hydrogens (tertiary/aromatic N) is 2. The molecule has 0 atom stereocenters. The van der Waals surface area contributed by atoms with Crippen LogP contribution in [0.5, 0.6) is 0 Å². The highest BCUT2D eigenvalue weighted by Gasteiger charge is 2.13. The van der Waals surface area contributed by atoms with Crippen molar-refractivity contribution in [2.75, 3.05) is 7.05 Å². The van der Waals surface area contributed by atoms with Crippen LogP contribution in [0.3, 0.4) is 0 Å². The largest absolute Gasteiger partial charge is 0.337 e. The van der Waals surface area contributed by atoms with E-state index < -0.39 is 0 Å². The summed E-state index contributed by atoms with van der Waals surface area (Å²) >= 11 is 0. The zero-order chi connectivity index (χ0) is 14.5. The Labute approximate surface area is 119 Å². The first-order chi connectivity index (χ1) is 9.61. The highest BCUT2D eigenvalue weighted by molar-refractivity contribution is 5.93. The average molecular weight is 269 g/mol. The van der Waals surface area contributed by atoms with Gasteiger partial charge in [-0.1, -0.05) is 24.3 Å². The number of hydrogen-bond donors (Lipinski definition) is 1. The summed E-state index contributed by atoms with van der Waals surface area (Å²) in [6, 6.07) is 9.75.